The Balaban J connectivity index is 1.73. The number of pyridine rings is 1. The van der Waals surface area contributed by atoms with Gasteiger partial charge in [-0.05, 0) is 25.1 Å². The molecule has 2 rings (SSSR count). The predicted molar refractivity (Wildman–Crippen MR) is 80.8 cm³/mol. The van der Waals surface area contributed by atoms with Crippen molar-refractivity contribution in [3.05, 3.63) is 24.5 Å². The van der Waals surface area contributed by atoms with Gasteiger partial charge in [0.1, 0.15) is 0 Å². The fourth-order valence-corrected chi connectivity index (χ4v) is 2.43. The lowest BCUT2D eigenvalue weighted by molar-refractivity contribution is -0.128. The van der Waals surface area contributed by atoms with Crippen LogP contribution in [0.5, 0.6) is 0 Å². The zero-order valence-electron chi connectivity index (χ0n) is 12.4. The van der Waals surface area contributed by atoms with Crippen molar-refractivity contribution >= 4 is 17.5 Å². The van der Waals surface area contributed by atoms with Crippen LogP contribution in [0, 0.1) is 0 Å². The first-order valence-electron chi connectivity index (χ1n) is 7.33. The molecular weight excluding hydrogens is 268 g/mol. The van der Waals surface area contributed by atoms with E-state index in [1.807, 2.05) is 11.0 Å². The van der Waals surface area contributed by atoms with Crippen molar-refractivity contribution < 1.29 is 9.59 Å². The van der Waals surface area contributed by atoms with Crippen LogP contribution >= 0.6 is 0 Å². The number of anilines is 1. The summed E-state index contributed by atoms with van der Waals surface area (Å²) in [5.41, 5.74) is 0.723. The van der Waals surface area contributed by atoms with Gasteiger partial charge in [-0.1, -0.05) is 0 Å². The van der Waals surface area contributed by atoms with Crippen LogP contribution in [0.15, 0.2) is 24.5 Å². The Labute approximate surface area is 125 Å². The van der Waals surface area contributed by atoms with Gasteiger partial charge in [0, 0.05) is 45.7 Å². The van der Waals surface area contributed by atoms with Crippen molar-refractivity contribution in [3.63, 3.8) is 0 Å². The van der Waals surface area contributed by atoms with Crippen LogP contribution in [0.25, 0.3) is 0 Å². The van der Waals surface area contributed by atoms with E-state index in [0.717, 1.165) is 44.8 Å². The largest absolute Gasteiger partial charge is 0.342 e. The molecule has 1 aliphatic rings. The van der Waals surface area contributed by atoms with Gasteiger partial charge >= 0.3 is 0 Å². The summed E-state index contributed by atoms with van der Waals surface area (Å²) in [6.45, 7) is 5.66. The van der Waals surface area contributed by atoms with Crippen molar-refractivity contribution in [2.45, 2.75) is 19.8 Å². The highest BCUT2D eigenvalue weighted by atomic mass is 16.2. The third-order valence-corrected chi connectivity index (χ3v) is 3.63. The maximum absolute atomic E-state index is 11.9. The average molecular weight is 290 g/mol. The first-order valence-corrected chi connectivity index (χ1v) is 7.33. The second-order valence-corrected chi connectivity index (χ2v) is 5.24. The van der Waals surface area contributed by atoms with E-state index < -0.39 is 0 Å². The quantitative estimate of drug-likeness (QED) is 0.897. The van der Waals surface area contributed by atoms with Crippen molar-refractivity contribution in [2.24, 2.45) is 0 Å². The summed E-state index contributed by atoms with van der Waals surface area (Å²) in [6.07, 6.45) is 4.72. The summed E-state index contributed by atoms with van der Waals surface area (Å²) in [7, 11) is 0. The summed E-state index contributed by atoms with van der Waals surface area (Å²) < 4.78 is 0. The number of hydrogen-bond donors (Lipinski definition) is 1. The molecule has 6 nitrogen and oxygen atoms in total. The SMILES string of the molecule is CC(=O)N1CCCN(CCC(=O)Nc2cccnc2)CC1. The van der Waals surface area contributed by atoms with Crippen LogP contribution in [-0.2, 0) is 9.59 Å². The Hall–Kier alpha value is -1.95. The lowest BCUT2D eigenvalue weighted by Gasteiger charge is -2.20. The van der Waals surface area contributed by atoms with E-state index in [2.05, 4.69) is 15.2 Å². The number of carbonyl (C=O) groups is 2. The van der Waals surface area contributed by atoms with Crippen LogP contribution in [0.2, 0.25) is 0 Å². The molecular formula is C15H22N4O2. The minimum Gasteiger partial charge on any atom is -0.342 e. The van der Waals surface area contributed by atoms with Gasteiger partial charge in [-0.2, -0.15) is 0 Å². The molecule has 2 amide bonds. The van der Waals surface area contributed by atoms with Crippen molar-refractivity contribution in [3.8, 4) is 0 Å². The smallest absolute Gasteiger partial charge is 0.225 e. The number of amides is 2. The van der Waals surface area contributed by atoms with Crippen molar-refractivity contribution in [2.75, 3.05) is 38.0 Å². The molecule has 0 aliphatic carbocycles. The van der Waals surface area contributed by atoms with Crippen LogP contribution < -0.4 is 5.32 Å². The van der Waals surface area contributed by atoms with Gasteiger partial charge in [0.2, 0.25) is 11.8 Å². The molecule has 0 aromatic carbocycles. The van der Waals surface area contributed by atoms with Crippen molar-refractivity contribution in [1.82, 2.24) is 14.8 Å². The van der Waals surface area contributed by atoms with Gasteiger partial charge < -0.3 is 15.1 Å². The highest BCUT2D eigenvalue weighted by Gasteiger charge is 2.16. The van der Waals surface area contributed by atoms with Crippen LogP contribution in [0.1, 0.15) is 19.8 Å². The second kappa shape index (κ2) is 7.73. The van der Waals surface area contributed by atoms with Gasteiger partial charge in [-0.3, -0.25) is 14.6 Å². The molecule has 1 aliphatic heterocycles. The maximum Gasteiger partial charge on any atom is 0.225 e. The fraction of sp³-hybridized carbons (Fsp3) is 0.533. The Morgan fingerprint density at radius 2 is 2.14 bits per heavy atom. The molecule has 0 unspecified atom stereocenters. The third-order valence-electron chi connectivity index (χ3n) is 3.63. The predicted octanol–water partition coefficient (Wildman–Crippen LogP) is 0.964. The van der Waals surface area contributed by atoms with Gasteiger partial charge in [-0.15, -0.1) is 0 Å². The highest BCUT2D eigenvalue weighted by Crippen LogP contribution is 2.06. The van der Waals surface area contributed by atoms with Gasteiger partial charge in [-0.25, -0.2) is 0 Å². The third kappa shape index (κ3) is 5.15. The van der Waals surface area contributed by atoms with E-state index >= 15 is 0 Å². The zero-order valence-corrected chi connectivity index (χ0v) is 12.4. The molecule has 1 N–H and O–H groups in total. The molecule has 21 heavy (non-hydrogen) atoms. The molecule has 6 heteroatoms. The molecule has 1 aromatic rings. The summed E-state index contributed by atoms with van der Waals surface area (Å²) in [6, 6.07) is 3.61. The number of aromatic nitrogens is 1. The average Bonchev–Trinajstić information content (AvgIpc) is 2.72. The fourth-order valence-electron chi connectivity index (χ4n) is 2.43. The van der Waals surface area contributed by atoms with Crippen LogP contribution in [-0.4, -0.2) is 59.3 Å². The molecule has 0 saturated carbocycles. The first-order chi connectivity index (χ1) is 10.1. The monoisotopic (exact) mass is 290 g/mol. The van der Waals surface area contributed by atoms with Crippen LogP contribution in [0.4, 0.5) is 5.69 Å². The number of rotatable bonds is 4. The summed E-state index contributed by atoms with van der Waals surface area (Å²) >= 11 is 0. The lowest BCUT2D eigenvalue weighted by atomic mass is 10.3. The topological polar surface area (TPSA) is 65.5 Å². The van der Waals surface area contributed by atoms with Gasteiger partial charge in [0.15, 0.2) is 0 Å². The van der Waals surface area contributed by atoms with E-state index in [4.69, 9.17) is 0 Å². The zero-order chi connectivity index (χ0) is 15.1. The van der Waals surface area contributed by atoms with E-state index in [-0.39, 0.29) is 11.8 Å². The summed E-state index contributed by atoms with van der Waals surface area (Å²) in [4.78, 5) is 31.3. The molecule has 1 aromatic heterocycles. The van der Waals surface area contributed by atoms with E-state index in [0.29, 0.717) is 6.42 Å². The van der Waals surface area contributed by atoms with E-state index in [9.17, 15) is 9.59 Å². The standard InChI is InChI=1S/C15H22N4O2/c1-13(20)19-8-3-7-18(10-11-19)9-5-15(21)17-14-4-2-6-16-12-14/h2,4,6,12H,3,5,7-11H2,1H3,(H,17,21). The Kier molecular flexibility index (Phi) is 5.68. The minimum atomic E-state index is -0.00401. The van der Waals surface area contributed by atoms with Crippen molar-refractivity contribution in [1.29, 1.82) is 0 Å². The molecule has 0 atom stereocenters. The molecule has 114 valence electrons. The number of carbonyl (C=O) groups excluding carboxylic acids is 2. The number of nitrogens with one attached hydrogen (secondary N) is 1. The Morgan fingerprint density at radius 1 is 1.29 bits per heavy atom. The van der Waals surface area contributed by atoms with Crippen LogP contribution in [0.3, 0.4) is 0 Å². The maximum atomic E-state index is 11.9. The number of nitrogens with zero attached hydrogens (tertiary/aromatic N) is 3. The first kappa shape index (κ1) is 15.4. The Morgan fingerprint density at radius 3 is 2.86 bits per heavy atom. The molecule has 0 spiro atoms. The second-order valence-electron chi connectivity index (χ2n) is 5.24. The normalized spacial score (nSPS) is 16.3. The summed E-state index contributed by atoms with van der Waals surface area (Å²) in [5.74, 6) is 0.127. The lowest BCUT2D eigenvalue weighted by Crippen LogP contribution is -2.34. The molecule has 0 bridgehead atoms. The minimum absolute atomic E-state index is 0.00401. The molecule has 0 radical (unpaired) electrons. The Bertz CT molecular complexity index is 478. The molecule has 1 saturated heterocycles. The van der Waals surface area contributed by atoms with Gasteiger partial charge in [0.05, 0.1) is 11.9 Å². The van der Waals surface area contributed by atoms with E-state index in [1.165, 1.54) is 0 Å². The molecule has 1 fully saturated rings. The van der Waals surface area contributed by atoms with Gasteiger partial charge in [0.25, 0.3) is 0 Å². The number of hydrogen-bond acceptors (Lipinski definition) is 4. The van der Waals surface area contributed by atoms with E-state index in [1.54, 1.807) is 25.4 Å². The highest BCUT2D eigenvalue weighted by molar-refractivity contribution is 5.90. The summed E-state index contributed by atoms with van der Waals surface area (Å²) in [5, 5.41) is 2.83. The molecule has 2 heterocycles.